The van der Waals surface area contributed by atoms with E-state index in [1.54, 1.807) is 26.0 Å². The fourth-order valence-electron chi connectivity index (χ4n) is 1.95. The Kier molecular flexibility index (Phi) is 6.10. The van der Waals surface area contributed by atoms with Gasteiger partial charge in [0.1, 0.15) is 0 Å². The zero-order valence-corrected chi connectivity index (χ0v) is 13.8. The second-order valence-corrected chi connectivity index (χ2v) is 7.42. The molecule has 0 bridgehead atoms. The van der Waals surface area contributed by atoms with Gasteiger partial charge >= 0.3 is 0 Å². The van der Waals surface area contributed by atoms with Gasteiger partial charge in [-0.05, 0) is 38.0 Å². The summed E-state index contributed by atoms with van der Waals surface area (Å²) in [5.74, 6) is 0. The highest BCUT2D eigenvalue weighted by Crippen LogP contribution is 2.19. The van der Waals surface area contributed by atoms with Crippen LogP contribution in [0.25, 0.3) is 0 Å². The summed E-state index contributed by atoms with van der Waals surface area (Å²) in [5, 5.41) is 0. The van der Waals surface area contributed by atoms with Crippen molar-refractivity contribution in [2.45, 2.75) is 44.6 Å². The van der Waals surface area contributed by atoms with Crippen LogP contribution in [0, 0.1) is 0 Å². The average Bonchev–Trinajstić information content (AvgIpc) is 2.36. The molecule has 1 aromatic carbocycles. The van der Waals surface area contributed by atoms with Gasteiger partial charge in [-0.15, -0.1) is 0 Å². The van der Waals surface area contributed by atoms with Crippen molar-refractivity contribution < 1.29 is 8.42 Å². The molecule has 0 aliphatic carbocycles. The third-order valence-electron chi connectivity index (χ3n) is 2.96. The first-order valence-electron chi connectivity index (χ1n) is 6.68. The Balaban J connectivity index is 3.09. The molecule has 0 spiro atoms. The molecule has 0 saturated heterocycles. The lowest BCUT2D eigenvalue weighted by molar-refractivity contribution is 0.391. The Morgan fingerprint density at radius 2 is 1.85 bits per heavy atom. The van der Waals surface area contributed by atoms with Crippen LogP contribution >= 0.6 is 12.2 Å². The zero-order chi connectivity index (χ0) is 15.3. The highest BCUT2D eigenvalue weighted by molar-refractivity contribution is 7.89. The predicted molar refractivity (Wildman–Crippen MR) is 86.3 cm³/mol. The van der Waals surface area contributed by atoms with Crippen LogP contribution in [0.2, 0.25) is 0 Å². The largest absolute Gasteiger partial charge is 0.392 e. The number of aryl methyl sites for hydroxylation is 1. The second-order valence-electron chi connectivity index (χ2n) is 5.00. The molecular formula is C14H22N2O2S2. The van der Waals surface area contributed by atoms with Crippen LogP contribution in [-0.2, 0) is 16.4 Å². The summed E-state index contributed by atoms with van der Waals surface area (Å²) in [6.45, 7) is 5.77. The molecule has 0 amide bonds. The standard InChI is InChI=1S/C14H22N2O2S2/c1-4-5-12-6-8-13(9-7-12)20(17,18)16(11(2)3)10-14(15)19/h6-9,11H,4-5,10H2,1-3H3,(H2,15,19). The molecule has 0 radical (unpaired) electrons. The molecule has 0 atom stereocenters. The summed E-state index contributed by atoms with van der Waals surface area (Å²) < 4.78 is 26.5. The summed E-state index contributed by atoms with van der Waals surface area (Å²) in [6.07, 6.45) is 1.98. The minimum Gasteiger partial charge on any atom is -0.392 e. The van der Waals surface area contributed by atoms with E-state index in [0.29, 0.717) is 0 Å². The highest BCUT2D eigenvalue weighted by Gasteiger charge is 2.27. The van der Waals surface area contributed by atoms with E-state index in [4.69, 9.17) is 18.0 Å². The quantitative estimate of drug-likeness (QED) is 0.785. The highest BCUT2D eigenvalue weighted by atomic mass is 32.2. The molecule has 0 aliphatic heterocycles. The molecule has 0 unspecified atom stereocenters. The molecule has 112 valence electrons. The van der Waals surface area contributed by atoms with Crippen molar-refractivity contribution >= 4 is 27.2 Å². The smallest absolute Gasteiger partial charge is 0.243 e. The van der Waals surface area contributed by atoms with E-state index < -0.39 is 10.0 Å². The monoisotopic (exact) mass is 314 g/mol. The lowest BCUT2D eigenvalue weighted by Gasteiger charge is -2.25. The molecule has 0 heterocycles. The number of benzene rings is 1. The molecule has 1 rings (SSSR count). The predicted octanol–water partition coefficient (Wildman–Crippen LogP) is 2.32. The maximum absolute atomic E-state index is 12.6. The number of nitrogens with zero attached hydrogens (tertiary/aromatic N) is 1. The van der Waals surface area contributed by atoms with Crippen LogP contribution < -0.4 is 5.73 Å². The third kappa shape index (κ3) is 4.26. The fourth-order valence-corrected chi connectivity index (χ4v) is 3.79. The summed E-state index contributed by atoms with van der Waals surface area (Å²) >= 11 is 4.84. The van der Waals surface area contributed by atoms with Gasteiger partial charge in [0, 0.05) is 6.04 Å². The van der Waals surface area contributed by atoms with Crippen molar-refractivity contribution in [3.05, 3.63) is 29.8 Å². The van der Waals surface area contributed by atoms with Crippen LogP contribution in [0.5, 0.6) is 0 Å². The molecule has 0 aromatic heterocycles. The molecule has 2 N–H and O–H groups in total. The van der Waals surface area contributed by atoms with Gasteiger partial charge in [0.25, 0.3) is 0 Å². The van der Waals surface area contributed by atoms with Crippen LogP contribution in [0.15, 0.2) is 29.2 Å². The van der Waals surface area contributed by atoms with E-state index >= 15 is 0 Å². The van der Waals surface area contributed by atoms with Gasteiger partial charge in [0.15, 0.2) is 0 Å². The van der Waals surface area contributed by atoms with Crippen LogP contribution in [0.3, 0.4) is 0 Å². The van der Waals surface area contributed by atoms with Gasteiger partial charge in [0.2, 0.25) is 10.0 Å². The minimum absolute atomic E-state index is 0.0616. The fraction of sp³-hybridized carbons (Fsp3) is 0.500. The molecule has 4 nitrogen and oxygen atoms in total. The normalized spacial score (nSPS) is 12.1. The van der Waals surface area contributed by atoms with Gasteiger partial charge in [-0.25, -0.2) is 8.42 Å². The maximum atomic E-state index is 12.6. The van der Waals surface area contributed by atoms with Crippen LogP contribution in [0.4, 0.5) is 0 Å². The second kappa shape index (κ2) is 7.15. The van der Waals surface area contributed by atoms with E-state index in [2.05, 4.69) is 6.92 Å². The number of thiocarbonyl (C=S) groups is 1. The van der Waals surface area contributed by atoms with E-state index in [1.807, 2.05) is 12.1 Å². The van der Waals surface area contributed by atoms with Gasteiger partial charge in [-0.2, -0.15) is 4.31 Å². The van der Waals surface area contributed by atoms with Gasteiger partial charge in [-0.3, -0.25) is 0 Å². The minimum atomic E-state index is -3.56. The first kappa shape index (κ1) is 17.1. The average molecular weight is 314 g/mol. The van der Waals surface area contributed by atoms with Crippen LogP contribution in [0.1, 0.15) is 32.8 Å². The van der Waals surface area contributed by atoms with Gasteiger partial charge in [0.05, 0.1) is 16.4 Å². The van der Waals surface area contributed by atoms with E-state index in [9.17, 15) is 8.42 Å². The number of sulfonamides is 1. The number of hydrogen-bond acceptors (Lipinski definition) is 3. The Hall–Kier alpha value is -0.980. The molecule has 0 aliphatic rings. The lowest BCUT2D eigenvalue weighted by Crippen LogP contribution is -2.42. The maximum Gasteiger partial charge on any atom is 0.243 e. The van der Waals surface area contributed by atoms with Crippen molar-refractivity contribution in [1.82, 2.24) is 4.31 Å². The van der Waals surface area contributed by atoms with Crippen molar-refractivity contribution in [1.29, 1.82) is 0 Å². The molecule has 6 heteroatoms. The molecule has 0 fully saturated rings. The molecular weight excluding hydrogens is 292 g/mol. The Labute approximate surface area is 127 Å². The van der Waals surface area contributed by atoms with Crippen molar-refractivity contribution in [2.24, 2.45) is 5.73 Å². The first-order chi connectivity index (χ1) is 9.28. The number of nitrogens with two attached hydrogens (primary N) is 1. The Morgan fingerprint density at radius 3 is 2.25 bits per heavy atom. The molecule has 0 saturated carbocycles. The van der Waals surface area contributed by atoms with Crippen molar-refractivity contribution in [3.8, 4) is 0 Å². The topological polar surface area (TPSA) is 63.4 Å². The summed E-state index contributed by atoms with van der Waals surface area (Å²) in [6, 6.07) is 6.81. The number of rotatable bonds is 7. The molecule has 20 heavy (non-hydrogen) atoms. The first-order valence-corrected chi connectivity index (χ1v) is 8.53. The van der Waals surface area contributed by atoms with E-state index in [-0.39, 0.29) is 22.5 Å². The van der Waals surface area contributed by atoms with Crippen LogP contribution in [-0.4, -0.2) is 30.3 Å². The Morgan fingerprint density at radius 1 is 1.30 bits per heavy atom. The third-order valence-corrected chi connectivity index (χ3v) is 5.12. The molecule has 1 aromatic rings. The van der Waals surface area contributed by atoms with Crippen molar-refractivity contribution in [3.63, 3.8) is 0 Å². The SMILES string of the molecule is CCCc1ccc(S(=O)(=O)N(CC(N)=S)C(C)C)cc1. The summed E-state index contributed by atoms with van der Waals surface area (Å²) in [7, 11) is -3.56. The number of hydrogen-bond donors (Lipinski definition) is 1. The van der Waals surface area contributed by atoms with E-state index in [0.717, 1.165) is 18.4 Å². The van der Waals surface area contributed by atoms with Gasteiger partial charge < -0.3 is 5.73 Å². The Bertz CT molecular complexity index is 551. The summed E-state index contributed by atoms with van der Waals surface area (Å²) in [5.41, 5.74) is 6.63. The lowest BCUT2D eigenvalue weighted by atomic mass is 10.1. The van der Waals surface area contributed by atoms with Crippen molar-refractivity contribution in [2.75, 3.05) is 6.54 Å². The van der Waals surface area contributed by atoms with Gasteiger partial charge in [-0.1, -0.05) is 37.7 Å². The van der Waals surface area contributed by atoms with E-state index in [1.165, 1.54) is 4.31 Å². The summed E-state index contributed by atoms with van der Waals surface area (Å²) in [4.78, 5) is 0.451. The zero-order valence-electron chi connectivity index (χ0n) is 12.2.